The summed E-state index contributed by atoms with van der Waals surface area (Å²) >= 11 is 0. The molecular weight excluding hydrogens is 250 g/mol. The lowest BCUT2D eigenvalue weighted by Gasteiger charge is -2.09. The Balaban J connectivity index is 2.27. The number of rotatable bonds is 2. The number of fused-ring (bicyclic) bond motifs is 1. The molecule has 0 saturated heterocycles. The highest BCUT2D eigenvalue weighted by atomic mass is 16.3. The number of aromatic hydroxyl groups is 1. The van der Waals surface area contributed by atoms with Crippen LogP contribution in [-0.2, 0) is 0 Å². The molecule has 0 aliphatic carbocycles. The quantitative estimate of drug-likeness (QED) is 0.550. The summed E-state index contributed by atoms with van der Waals surface area (Å²) in [6.07, 6.45) is 0. The fourth-order valence-corrected chi connectivity index (χ4v) is 2.31. The van der Waals surface area contributed by atoms with E-state index in [9.17, 15) is 9.90 Å². The number of benzene rings is 3. The smallest absolute Gasteiger partial charge is 0.195 e. The number of anilines is 1. The molecule has 0 radical (unpaired) electrons. The van der Waals surface area contributed by atoms with Gasteiger partial charge in [-0.3, -0.25) is 4.79 Å². The summed E-state index contributed by atoms with van der Waals surface area (Å²) in [6.45, 7) is 0. The number of phenols is 1. The van der Waals surface area contributed by atoms with Gasteiger partial charge < -0.3 is 10.8 Å². The van der Waals surface area contributed by atoms with E-state index in [-0.39, 0.29) is 11.5 Å². The first kappa shape index (κ1) is 12.2. The van der Waals surface area contributed by atoms with Gasteiger partial charge in [0.05, 0.1) is 5.56 Å². The van der Waals surface area contributed by atoms with Crippen molar-refractivity contribution < 1.29 is 9.90 Å². The molecule has 3 N–H and O–H groups in total. The first-order valence-corrected chi connectivity index (χ1v) is 6.28. The van der Waals surface area contributed by atoms with Crippen LogP contribution in [0.5, 0.6) is 5.75 Å². The van der Waals surface area contributed by atoms with Crippen molar-refractivity contribution in [3.63, 3.8) is 0 Å². The van der Waals surface area contributed by atoms with Crippen molar-refractivity contribution in [1.82, 2.24) is 0 Å². The van der Waals surface area contributed by atoms with Gasteiger partial charge in [0.2, 0.25) is 0 Å². The van der Waals surface area contributed by atoms with E-state index in [1.807, 2.05) is 24.3 Å². The van der Waals surface area contributed by atoms with Crippen LogP contribution in [0.4, 0.5) is 5.69 Å². The van der Waals surface area contributed by atoms with Gasteiger partial charge in [-0.05, 0) is 29.0 Å². The molecular formula is C17H13NO2. The number of carbonyl (C=O) groups is 1. The Kier molecular flexibility index (Phi) is 2.88. The molecule has 0 aliphatic heterocycles. The summed E-state index contributed by atoms with van der Waals surface area (Å²) < 4.78 is 0. The van der Waals surface area contributed by atoms with Crippen LogP contribution in [0.15, 0.2) is 60.7 Å². The Bertz CT molecular complexity index is 789. The van der Waals surface area contributed by atoms with Crippen molar-refractivity contribution in [3.8, 4) is 5.75 Å². The SMILES string of the molecule is Nc1ccc2ccc(O)cc2c1C(=O)c1ccccc1. The summed E-state index contributed by atoms with van der Waals surface area (Å²) in [5.41, 5.74) is 7.40. The monoisotopic (exact) mass is 263 g/mol. The van der Waals surface area contributed by atoms with Crippen LogP contribution in [-0.4, -0.2) is 10.9 Å². The second-order valence-corrected chi connectivity index (χ2v) is 4.63. The molecule has 0 heterocycles. The van der Waals surface area contributed by atoms with Crippen LogP contribution in [0.2, 0.25) is 0 Å². The molecule has 0 spiro atoms. The standard InChI is InChI=1S/C17H13NO2/c18-15-9-7-11-6-8-13(19)10-14(11)16(15)17(20)12-4-2-1-3-5-12/h1-10,19H,18H2. The number of hydrogen-bond donors (Lipinski definition) is 2. The zero-order valence-electron chi connectivity index (χ0n) is 10.7. The summed E-state index contributed by atoms with van der Waals surface area (Å²) in [5.74, 6) is -0.0236. The zero-order chi connectivity index (χ0) is 14.1. The minimum atomic E-state index is -0.140. The molecule has 0 aromatic heterocycles. The number of nitrogen functional groups attached to an aromatic ring is 1. The summed E-state index contributed by atoms with van der Waals surface area (Å²) in [6, 6.07) is 17.5. The second kappa shape index (κ2) is 4.70. The van der Waals surface area contributed by atoms with Gasteiger partial charge in [-0.15, -0.1) is 0 Å². The summed E-state index contributed by atoms with van der Waals surface area (Å²) in [4.78, 5) is 12.6. The molecule has 0 atom stereocenters. The highest BCUT2D eigenvalue weighted by molar-refractivity contribution is 6.19. The van der Waals surface area contributed by atoms with Crippen molar-refractivity contribution in [2.24, 2.45) is 0 Å². The lowest BCUT2D eigenvalue weighted by Crippen LogP contribution is -2.06. The highest BCUT2D eigenvalue weighted by Crippen LogP contribution is 2.29. The predicted molar refractivity (Wildman–Crippen MR) is 79.9 cm³/mol. The number of nitrogens with two attached hydrogens (primary N) is 1. The van der Waals surface area contributed by atoms with Crippen molar-refractivity contribution in [1.29, 1.82) is 0 Å². The zero-order valence-corrected chi connectivity index (χ0v) is 10.7. The Morgan fingerprint density at radius 1 is 0.950 bits per heavy atom. The maximum Gasteiger partial charge on any atom is 0.195 e. The van der Waals surface area contributed by atoms with Crippen LogP contribution in [0, 0.1) is 0 Å². The van der Waals surface area contributed by atoms with E-state index in [0.717, 1.165) is 5.39 Å². The normalized spacial score (nSPS) is 10.6. The third kappa shape index (κ3) is 1.99. The summed E-state index contributed by atoms with van der Waals surface area (Å²) in [5, 5.41) is 11.2. The van der Waals surface area contributed by atoms with Crippen LogP contribution in [0.1, 0.15) is 15.9 Å². The fraction of sp³-hybridized carbons (Fsp3) is 0. The molecule has 0 bridgehead atoms. The summed E-state index contributed by atoms with van der Waals surface area (Å²) in [7, 11) is 0. The van der Waals surface area contributed by atoms with E-state index < -0.39 is 0 Å². The van der Waals surface area contributed by atoms with E-state index in [1.165, 1.54) is 0 Å². The molecule has 0 amide bonds. The lowest BCUT2D eigenvalue weighted by molar-refractivity contribution is 0.104. The first-order valence-electron chi connectivity index (χ1n) is 6.28. The van der Waals surface area contributed by atoms with Gasteiger partial charge in [-0.1, -0.05) is 42.5 Å². The molecule has 3 rings (SSSR count). The van der Waals surface area contributed by atoms with Gasteiger partial charge in [0.25, 0.3) is 0 Å². The van der Waals surface area contributed by atoms with Gasteiger partial charge in [-0.25, -0.2) is 0 Å². The van der Waals surface area contributed by atoms with E-state index in [2.05, 4.69) is 0 Å². The molecule has 3 heteroatoms. The predicted octanol–water partition coefficient (Wildman–Crippen LogP) is 3.36. The molecule has 0 aliphatic rings. The van der Waals surface area contributed by atoms with E-state index in [1.54, 1.807) is 36.4 Å². The molecule has 3 aromatic rings. The lowest BCUT2D eigenvalue weighted by atomic mass is 9.95. The number of carbonyl (C=O) groups excluding carboxylic acids is 1. The number of hydrogen-bond acceptors (Lipinski definition) is 3. The molecule has 98 valence electrons. The largest absolute Gasteiger partial charge is 0.508 e. The van der Waals surface area contributed by atoms with E-state index in [4.69, 9.17) is 5.73 Å². The Labute approximate surface area is 116 Å². The maximum atomic E-state index is 12.6. The third-order valence-corrected chi connectivity index (χ3v) is 3.30. The number of phenolic OH excluding ortho intramolecular Hbond substituents is 1. The topological polar surface area (TPSA) is 63.3 Å². The Morgan fingerprint density at radius 2 is 1.65 bits per heavy atom. The van der Waals surface area contributed by atoms with E-state index >= 15 is 0 Å². The minimum absolute atomic E-state index is 0.116. The molecule has 0 saturated carbocycles. The van der Waals surface area contributed by atoms with Gasteiger partial charge in [-0.2, -0.15) is 0 Å². The molecule has 3 aromatic carbocycles. The van der Waals surface area contributed by atoms with Gasteiger partial charge in [0, 0.05) is 11.3 Å². The minimum Gasteiger partial charge on any atom is -0.508 e. The van der Waals surface area contributed by atoms with Crippen molar-refractivity contribution in [2.75, 3.05) is 5.73 Å². The first-order chi connectivity index (χ1) is 9.66. The van der Waals surface area contributed by atoms with Crippen molar-refractivity contribution in [2.45, 2.75) is 0 Å². The molecule has 0 fully saturated rings. The van der Waals surface area contributed by atoms with E-state index in [0.29, 0.717) is 22.2 Å². The van der Waals surface area contributed by atoms with Gasteiger partial charge in [0.1, 0.15) is 5.75 Å². The third-order valence-electron chi connectivity index (χ3n) is 3.30. The van der Waals surface area contributed by atoms with Crippen LogP contribution in [0.3, 0.4) is 0 Å². The van der Waals surface area contributed by atoms with Crippen LogP contribution >= 0.6 is 0 Å². The molecule has 3 nitrogen and oxygen atoms in total. The van der Waals surface area contributed by atoms with Crippen molar-refractivity contribution in [3.05, 3.63) is 71.8 Å². The van der Waals surface area contributed by atoms with Crippen LogP contribution in [0.25, 0.3) is 10.8 Å². The average molecular weight is 263 g/mol. The molecule has 20 heavy (non-hydrogen) atoms. The Morgan fingerprint density at radius 3 is 2.40 bits per heavy atom. The highest BCUT2D eigenvalue weighted by Gasteiger charge is 2.16. The Hall–Kier alpha value is -2.81. The average Bonchev–Trinajstić information content (AvgIpc) is 2.47. The fourth-order valence-electron chi connectivity index (χ4n) is 2.31. The van der Waals surface area contributed by atoms with Gasteiger partial charge >= 0.3 is 0 Å². The second-order valence-electron chi connectivity index (χ2n) is 4.63. The van der Waals surface area contributed by atoms with Gasteiger partial charge in [0.15, 0.2) is 5.78 Å². The number of ketones is 1. The maximum absolute atomic E-state index is 12.6. The van der Waals surface area contributed by atoms with Crippen molar-refractivity contribution >= 4 is 22.2 Å². The van der Waals surface area contributed by atoms with Crippen LogP contribution < -0.4 is 5.73 Å². The molecule has 0 unspecified atom stereocenters.